The Morgan fingerprint density at radius 1 is 1.27 bits per heavy atom. The average molecular weight is 197 g/mol. The Bertz CT molecular complexity index is 479. The van der Waals surface area contributed by atoms with Crippen molar-refractivity contribution in [2.24, 2.45) is 7.05 Å². The molecule has 0 fully saturated rings. The molecule has 1 aromatic heterocycles. The second-order valence-corrected chi connectivity index (χ2v) is 3.42. The Morgan fingerprint density at radius 3 is 2.53 bits per heavy atom. The lowest BCUT2D eigenvalue weighted by molar-refractivity contribution is 0.766. The molecule has 2 aromatic rings. The van der Waals surface area contributed by atoms with Crippen LogP contribution in [-0.2, 0) is 7.05 Å². The number of hydrogen-bond donors (Lipinski definition) is 0. The summed E-state index contributed by atoms with van der Waals surface area (Å²) in [4.78, 5) is 0. The minimum Gasteiger partial charge on any atom is -0.275 e. The molecule has 1 unspecified atom stereocenters. The van der Waals surface area contributed by atoms with Crippen molar-refractivity contribution in [3.05, 3.63) is 53.9 Å². The smallest absolute Gasteiger partial charge is 0.0992 e. The first kappa shape index (κ1) is 9.47. The molecule has 0 amide bonds. The zero-order valence-electron chi connectivity index (χ0n) is 8.46. The number of hydrogen-bond acceptors (Lipinski definition) is 2. The maximum absolute atomic E-state index is 9.16. The zero-order chi connectivity index (χ0) is 10.7. The summed E-state index contributed by atoms with van der Waals surface area (Å²) in [6, 6.07) is 12.0. The first-order valence-electron chi connectivity index (χ1n) is 4.74. The van der Waals surface area contributed by atoms with E-state index in [-0.39, 0.29) is 5.92 Å². The number of rotatable bonds is 2. The van der Waals surface area contributed by atoms with Crippen LogP contribution in [-0.4, -0.2) is 9.78 Å². The van der Waals surface area contributed by atoms with Crippen molar-refractivity contribution < 1.29 is 0 Å². The number of aryl methyl sites for hydroxylation is 1. The monoisotopic (exact) mass is 197 g/mol. The van der Waals surface area contributed by atoms with Gasteiger partial charge in [-0.1, -0.05) is 30.3 Å². The molecule has 1 atom stereocenters. The van der Waals surface area contributed by atoms with Crippen LogP contribution in [0.2, 0.25) is 0 Å². The highest BCUT2D eigenvalue weighted by molar-refractivity contribution is 5.35. The normalized spacial score (nSPS) is 12.0. The SMILES string of the molecule is Cn1cc(C(C#N)c2ccccc2)cn1. The van der Waals surface area contributed by atoms with Crippen LogP contribution in [0.3, 0.4) is 0 Å². The molecular weight excluding hydrogens is 186 g/mol. The first-order valence-corrected chi connectivity index (χ1v) is 4.74. The van der Waals surface area contributed by atoms with Crippen LogP contribution < -0.4 is 0 Å². The van der Waals surface area contributed by atoms with Gasteiger partial charge in [0, 0.05) is 18.8 Å². The largest absolute Gasteiger partial charge is 0.275 e. The van der Waals surface area contributed by atoms with Crippen molar-refractivity contribution in [2.45, 2.75) is 5.92 Å². The van der Waals surface area contributed by atoms with Crippen molar-refractivity contribution in [3.63, 3.8) is 0 Å². The Kier molecular flexibility index (Phi) is 2.51. The molecule has 1 aromatic carbocycles. The molecule has 0 aliphatic heterocycles. The summed E-state index contributed by atoms with van der Waals surface area (Å²) in [5.74, 6) is -0.222. The van der Waals surface area contributed by atoms with E-state index in [2.05, 4.69) is 11.2 Å². The van der Waals surface area contributed by atoms with Crippen LogP contribution in [0.1, 0.15) is 17.0 Å². The van der Waals surface area contributed by atoms with Gasteiger partial charge in [-0.05, 0) is 5.56 Å². The maximum atomic E-state index is 9.16. The summed E-state index contributed by atoms with van der Waals surface area (Å²) in [5.41, 5.74) is 1.94. The molecule has 0 saturated carbocycles. The van der Waals surface area contributed by atoms with Crippen LogP contribution in [0.4, 0.5) is 0 Å². The van der Waals surface area contributed by atoms with E-state index in [1.165, 1.54) is 0 Å². The Labute approximate surface area is 88.6 Å². The van der Waals surface area contributed by atoms with Crippen molar-refractivity contribution in [2.75, 3.05) is 0 Å². The van der Waals surface area contributed by atoms with Crippen LogP contribution in [0.25, 0.3) is 0 Å². The van der Waals surface area contributed by atoms with Gasteiger partial charge < -0.3 is 0 Å². The van der Waals surface area contributed by atoms with E-state index in [1.807, 2.05) is 43.6 Å². The molecular formula is C12H11N3. The van der Waals surface area contributed by atoms with Crippen LogP contribution in [0, 0.1) is 11.3 Å². The van der Waals surface area contributed by atoms with E-state index < -0.39 is 0 Å². The predicted octanol–water partition coefficient (Wildman–Crippen LogP) is 2.08. The summed E-state index contributed by atoms with van der Waals surface area (Å²) in [7, 11) is 1.85. The summed E-state index contributed by atoms with van der Waals surface area (Å²) in [6.45, 7) is 0. The lowest BCUT2D eigenvalue weighted by Crippen LogP contribution is -1.96. The number of aromatic nitrogens is 2. The van der Waals surface area contributed by atoms with Gasteiger partial charge in [-0.3, -0.25) is 4.68 Å². The third kappa shape index (κ3) is 1.89. The predicted molar refractivity (Wildman–Crippen MR) is 57.1 cm³/mol. The number of nitriles is 1. The Morgan fingerprint density at radius 2 is 2.00 bits per heavy atom. The van der Waals surface area contributed by atoms with E-state index in [0.29, 0.717) is 0 Å². The molecule has 0 aliphatic rings. The molecule has 0 aliphatic carbocycles. The van der Waals surface area contributed by atoms with Gasteiger partial charge in [-0.15, -0.1) is 0 Å². The third-order valence-electron chi connectivity index (χ3n) is 2.32. The van der Waals surface area contributed by atoms with Crippen LogP contribution in [0.5, 0.6) is 0 Å². The van der Waals surface area contributed by atoms with Gasteiger partial charge in [-0.2, -0.15) is 10.4 Å². The third-order valence-corrected chi connectivity index (χ3v) is 2.32. The van der Waals surface area contributed by atoms with Gasteiger partial charge >= 0.3 is 0 Å². The van der Waals surface area contributed by atoms with Crippen molar-refractivity contribution in [3.8, 4) is 6.07 Å². The molecule has 15 heavy (non-hydrogen) atoms. The molecule has 0 bridgehead atoms. The molecule has 0 N–H and O–H groups in total. The van der Waals surface area contributed by atoms with Gasteiger partial charge in [-0.25, -0.2) is 0 Å². The minimum absolute atomic E-state index is 0.222. The van der Waals surface area contributed by atoms with E-state index in [9.17, 15) is 0 Å². The lowest BCUT2D eigenvalue weighted by atomic mass is 9.95. The highest BCUT2D eigenvalue weighted by Crippen LogP contribution is 2.22. The van der Waals surface area contributed by atoms with E-state index in [4.69, 9.17) is 5.26 Å². The molecule has 3 nitrogen and oxygen atoms in total. The van der Waals surface area contributed by atoms with Crippen molar-refractivity contribution in [1.29, 1.82) is 5.26 Å². The molecule has 2 rings (SSSR count). The summed E-state index contributed by atoms with van der Waals surface area (Å²) in [6.07, 6.45) is 3.61. The minimum atomic E-state index is -0.222. The topological polar surface area (TPSA) is 41.6 Å². The fraction of sp³-hybridized carbons (Fsp3) is 0.167. The highest BCUT2D eigenvalue weighted by Gasteiger charge is 2.13. The van der Waals surface area contributed by atoms with Gasteiger partial charge in [0.1, 0.15) is 0 Å². The quantitative estimate of drug-likeness (QED) is 0.739. The number of nitrogens with zero attached hydrogens (tertiary/aromatic N) is 3. The van der Waals surface area contributed by atoms with E-state index in [1.54, 1.807) is 10.9 Å². The van der Waals surface area contributed by atoms with Crippen molar-refractivity contribution in [1.82, 2.24) is 9.78 Å². The lowest BCUT2D eigenvalue weighted by Gasteiger charge is -2.05. The van der Waals surface area contributed by atoms with Gasteiger partial charge in [0.2, 0.25) is 0 Å². The van der Waals surface area contributed by atoms with Crippen molar-refractivity contribution >= 4 is 0 Å². The van der Waals surface area contributed by atoms with Gasteiger partial charge in [0.15, 0.2) is 0 Å². The standard InChI is InChI=1S/C12H11N3/c1-15-9-11(8-14-15)12(7-13)10-5-3-2-4-6-10/h2-6,8-9,12H,1H3. The second kappa shape index (κ2) is 3.97. The molecule has 0 spiro atoms. The fourth-order valence-corrected chi connectivity index (χ4v) is 1.58. The van der Waals surface area contributed by atoms with E-state index in [0.717, 1.165) is 11.1 Å². The van der Waals surface area contributed by atoms with Crippen LogP contribution in [0.15, 0.2) is 42.7 Å². The second-order valence-electron chi connectivity index (χ2n) is 3.42. The summed E-state index contributed by atoms with van der Waals surface area (Å²) < 4.78 is 1.71. The average Bonchev–Trinajstić information content (AvgIpc) is 2.68. The summed E-state index contributed by atoms with van der Waals surface area (Å²) >= 11 is 0. The fourth-order valence-electron chi connectivity index (χ4n) is 1.58. The van der Waals surface area contributed by atoms with Crippen LogP contribution >= 0.6 is 0 Å². The first-order chi connectivity index (χ1) is 7.31. The Balaban J connectivity index is 2.38. The molecule has 0 saturated heterocycles. The highest BCUT2D eigenvalue weighted by atomic mass is 15.2. The summed E-state index contributed by atoms with van der Waals surface area (Å²) in [5, 5.41) is 13.2. The molecule has 3 heteroatoms. The molecule has 74 valence electrons. The Hall–Kier alpha value is -2.08. The molecule has 1 heterocycles. The zero-order valence-corrected chi connectivity index (χ0v) is 8.46. The van der Waals surface area contributed by atoms with Gasteiger partial charge in [0.25, 0.3) is 0 Å². The van der Waals surface area contributed by atoms with E-state index >= 15 is 0 Å². The maximum Gasteiger partial charge on any atom is 0.0992 e. The number of benzene rings is 1. The molecule has 0 radical (unpaired) electrons. The van der Waals surface area contributed by atoms with Gasteiger partial charge in [0.05, 0.1) is 18.2 Å².